The van der Waals surface area contributed by atoms with Crippen molar-refractivity contribution in [1.29, 1.82) is 0 Å². The van der Waals surface area contributed by atoms with Crippen molar-refractivity contribution >= 4 is 86.5 Å². The molecule has 0 radical (unpaired) electrons. The van der Waals surface area contributed by atoms with Crippen molar-refractivity contribution < 1.29 is 0 Å². The molecule has 4 nitrogen and oxygen atoms in total. The lowest BCUT2D eigenvalue weighted by atomic mass is 9.95. The number of halogens is 1. The number of nitrogens with one attached hydrogen (secondary N) is 1. The molecule has 0 bridgehead atoms. The maximum Gasteiger partial charge on any atom is 0.226 e. The second-order valence-corrected chi connectivity index (χ2v) is 17.9. The molecule has 0 atom stereocenters. The molecular weight excluding hydrogens is 832 g/mol. The summed E-state index contributed by atoms with van der Waals surface area (Å²) in [5, 5.41) is 10.3. The van der Waals surface area contributed by atoms with Gasteiger partial charge in [0, 0.05) is 53.0 Å². The summed E-state index contributed by atoms with van der Waals surface area (Å²) in [5.74, 6) is 1.07. The zero-order valence-electron chi connectivity index (χ0n) is 34.8. The van der Waals surface area contributed by atoms with Crippen molar-refractivity contribution in [3.63, 3.8) is 0 Å². The number of aromatic amines is 1. The highest BCUT2D eigenvalue weighted by atomic mass is 35.5. The Balaban J connectivity index is 0.830. The second kappa shape index (κ2) is 15.1. The minimum absolute atomic E-state index is 0.162. The second-order valence-electron chi connectivity index (χ2n) is 16.5. The monoisotopic (exact) mass is 866 g/mol. The molecule has 10 aromatic carbocycles. The van der Waals surface area contributed by atoms with Crippen LogP contribution in [0.1, 0.15) is 0 Å². The summed E-state index contributed by atoms with van der Waals surface area (Å²) < 4.78 is 2.55. The highest BCUT2D eigenvalue weighted by molar-refractivity contribution is 7.26. The Labute approximate surface area is 383 Å². The third-order valence-electron chi connectivity index (χ3n) is 12.8. The van der Waals surface area contributed by atoms with E-state index in [4.69, 9.17) is 16.6 Å². The number of fused-ring (bicyclic) bond motifs is 11. The van der Waals surface area contributed by atoms with E-state index in [9.17, 15) is 0 Å². The molecular formula is C59H35ClN4S. The molecule has 6 heteroatoms. The van der Waals surface area contributed by atoms with Crippen LogP contribution in [0.25, 0.3) is 131 Å². The fourth-order valence-electron chi connectivity index (χ4n) is 9.73. The first-order valence-electron chi connectivity index (χ1n) is 21.7. The van der Waals surface area contributed by atoms with Gasteiger partial charge in [0.2, 0.25) is 5.28 Å². The summed E-state index contributed by atoms with van der Waals surface area (Å²) in [6.45, 7) is 0. The van der Waals surface area contributed by atoms with Crippen LogP contribution in [0, 0.1) is 0 Å². The fourth-order valence-corrected chi connectivity index (χ4v) is 11.2. The quantitative estimate of drug-likeness (QED) is 0.169. The Bertz CT molecular complexity index is 4000. The molecule has 0 unspecified atom stereocenters. The number of aromatic nitrogens is 4. The number of thiophene rings is 1. The summed E-state index contributed by atoms with van der Waals surface area (Å²) in [5.41, 5.74) is 13.4. The van der Waals surface area contributed by atoms with E-state index in [-0.39, 0.29) is 5.28 Å². The lowest BCUT2D eigenvalue weighted by Gasteiger charge is -2.09. The molecule has 0 aliphatic carbocycles. The van der Waals surface area contributed by atoms with E-state index in [2.05, 4.69) is 191 Å². The van der Waals surface area contributed by atoms with Crippen LogP contribution in [0.3, 0.4) is 0 Å². The van der Waals surface area contributed by atoms with Gasteiger partial charge in [0.1, 0.15) is 0 Å². The first-order chi connectivity index (χ1) is 32.1. The van der Waals surface area contributed by atoms with Crippen molar-refractivity contribution in [3.05, 3.63) is 212 Å². The van der Waals surface area contributed by atoms with Crippen LogP contribution in [-0.4, -0.2) is 19.9 Å². The smallest absolute Gasteiger partial charge is 0.226 e. The summed E-state index contributed by atoms with van der Waals surface area (Å²) >= 11 is 8.35. The van der Waals surface area contributed by atoms with E-state index in [0.29, 0.717) is 11.6 Å². The van der Waals surface area contributed by atoms with Crippen molar-refractivity contribution in [3.8, 4) is 67.3 Å². The molecule has 0 amide bonds. The van der Waals surface area contributed by atoms with Gasteiger partial charge in [-0.2, -0.15) is 9.97 Å². The summed E-state index contributed by atoms with van der Waals surface area (Å²) in [6.07, 6.45) is 0. The molecule has 3 heterocycles. The van der Waals surface area contributed by atoms with Gasteiger partial charge in [-0.3, -0.25) is 0 Å². The molecule has 0 saturated heterocycles. The third-order valence-corrected chi connectivity index (χ3v) is 14.2. The van der Waals surface area contributed by atoms with E-state index in [1.165, 1.54) is 85.8 Å². The number of nitrogens with zero attached hydrogens (tertiary/aromatic N) is 3. The van der Waals surface area contributed by atoms with Gasteiger partial charge in [-0.15, -0.1) is 11.3 Å². The molecule has 13 aromatic rings. The van der Waals surface area contributed by atoms with Gasteiger partial charge >= 0.3 is 0 Å². The molecule has 0 saturated carbocycles. The number of hydrogen-bond donors (Lipinski definition) is 1. The summed E-state index contributed by atoms with van der Waals surface area (Å²) in [7, 11) is 0. The molecule has 0 fully saturated rings. The largest absolute Gasteiger partial charge is 0.353 e. The summed E-state index contributed by atoms with van der Waals surface area (Å²) in [4.78, 5) is 17.7. The summed E-state index contributed by atoms with van der Waals surface area (Å²) in [6, 6.07) is 73.6. The molecule has 0 aliphatic heterocycles. The van der Waals surface area contributed by atoms with Crippen LogP contribution < -0.4 is 0 Å². The first kappa shape index (κ1) is 37.6. The van der Waals surface area contributed by atoms with E-state index < -0.39 is 0 Å². The Morgan fingerprint density at radius 2 is 0.846 bits per heavy atom. The zero-order valence-corrected chi connectivity index (χ0v) is 36.3. The fraction of sp³-hybridized carbons (Fsp3) is 0. The van der Waals surface area contributed by atoms with Crippen LogP contribution in [0.15, 0.2) is 206 Å². The molecule has 304 valence electrons. The average molecular weight is 867 g/mol. The normalized spacial score (nSPS) is 11.8. The van der Waals surface area contributed by atoms with Crippen LogP contribution in [0.5, 0.6) is 0 Å². The van der Waals surface area contributed by atoms with Crippen molar-refractivity contribution in [2.75, 3.05) is 0 Å². The standard InChI is InChI=1S/C59H35ClN4S/c60-59-63-57(38-27-23-36(24-28-38)35-11-2-1-3-12-35)62-58(64-59)39-29-25-37(26-30-39)40-13-8-14-41(33-40)44-20-10-21-50-47-32-31-42(34-52(47)65-56(44)50)43-19-9-22-51-53-48-17-6-4-15-45(48)46-16-5-7-18-49(46)55(53)61-54(43)51/h1-34,61H. The van der Waals surface area contributed by atoms with Gasteiger partial charge in [0.05, 0.1) is 11.0 Å². The Morgan fingerprint density at radius 3 is 1.58 bits per heavy atom. The third kappa shape index (κ3) is 6.31. The van der Waals surface area contributed by atoms with Crippen molar-refractivity contribution in [2.45, 2.75) is 0 Å². The van der Waals surface area contributed by atoms with Gasteiger partial charge in [0.25, 0.3) is 0 Å². The van der Waals surface area contributed by atoms with Gasteiger partial charge < -0.3 is 4.98 Å². The van der Waals surface area contributed by atoms with Gasteiger partial charge in [-0.25, -0.2) is 4.98 Å². The Morgan fingerprint density at radius 1 is 0.338 bits per heavy atom. The van der Waals surface area contributed by atoms with E-state index in [1.807, 2.05) is 41.7 Å². The minimum atomic E-state index is 0.162. The predicted octanol–water partition coefficient (Wildman–Crippen LogP) is 16.8. The zero-order chi connectivity index (χ0) is 43.0. The Hall–Kier alpha value is -7.96. The average Bonchev–Trinajstić information content (AvgIpc) is 3.96. The molecule has 0 spiro atoms. The Kier molecular flexibility index (Phi) is 8.73. The van der Waals surface area contributed by atoms with Gasteiger partial charge in [0.15, 0.2) is 11.6 Å². The SMILES string of the molecule is Clc1nc(-c2ccc(-c3ccccc3)cc2)nc(-c2ccc(-c3cccc(-c4cccc5c4sc4cc(-c6cccc7c6[nH]c6c8ccccc8c8ccccc8c76)ccc45)c3)cc2)n1. The van der Waals surface area contributed by atoms with Crippen LogP contribution in [0.2, 0.25) is 5.28 Å². The topological polar surface area (TPSA) is 54.5 Å². The predicted molar refractivity (Wildman–Crippen MR) is 275 cm³/mol. The molecule has 13 rings (SSSR count). The molecule has 65 heavy (non-hydrogen) atoms. The van der Waals surface area contributed by atoms with E-state index in [0.717, 1.165) is 33.4 Å². The lowest BCUT2D eigenvalue weighted by molar-refractivity contribution is 1.07. The number of benzene rings is 10. The first-order valence-corrected chi connectivity index (χ1v) is 22.9. The number of hydrogen-bond acceptors (Lipinski definition) is 4. The van der Waals surface area contributed by atoms with Gasteiger partial charge in [-0.1, -0.05) is 194 Å². The number of rotatable bonds is 6. The van der Waals surface area contributed by atoms with Crippen LogP contribution in [0.4, 0.5) is 0 Å². The number of para-hydroxylation sites is 1. The van der Waals surface area contributed by atoms with Gasteiger partial charge in [-0.05, 0) is 78.8 Å². The van der Waals surface area contributed by atoms with Crippen LogP contribution in [-0.2, 0) is 0 Å². The molecule has 1 N–H and O–H groups in total. The van der Waals surface area contributed by atoms with Crippen molar-refractivity contribution in [2.24, 2.45) is 0 Å². The number of H-pyrrole nitrogens is 1. The van der Waals surface area contributed by atoms with E-state index >= 15 is 0 Å². The van der Waals surface area contributed by atoms with Crippen LogP contribution >= 0.6 is 22.9 Å². The van der Waals surface area contributed by atoms with E-state index in [1.54, 1.807) is 0 Å². The molecule has 0 aliphatic rings. The maximum absolute atomic E-state index is 6.49. The minimum Gasteiger partial charge on any atom is -0.353 e. The highest BCUT2D eigenvalue weighted by Crippen LogP contribution is 2.45. The highest BCUT2D eigenvalue weighted by Gasteiger charge is 2.18. The molecule has 3 aromatic heterocycles. The lowest BCUT2D eigenvalue weighted by Crippen LogP contribution is -1.97. The van der Waals surface area contributed by atoms with Crippen molar-refractivity contribution in [1.82, 2.24) is 19.9 Å². The maximum atomic E-state index is 6.49.